The lowest BCUT2D eigenvalue weighted by Gasteiger charge is -2.08. The van der Waals surface area contributed by atoms with Gasteiger partial charge in [0.15, 0.2) is 0 Å². The molecule has 0 bridgehead atoms. The predicted molar refractivity (Wildman–Crippen MR) is 76.1 cm³/mol. The molecule has 0 saturated carbocycles. The summed E-state index contributed by atoms with van der Waals surface area (Å²) in [6.07, 6.45) is 12.2. The highest BCUT2D eigenvalue weighted by atomic mass is 16.1. The van der Waals surface area contributed by atoms with Gasteiger partial charge in [0.05, 0.1) is 0 Å². The fraction of sp³-hybridized carbons (Fsp3) is 0.438. The van der Waals surface area contributed by atoms with Crippen LogP contribution in [0.25, 0.3) is 0 Å². The van der Waals surface area contributed by atoms with Crippen LogP contribution in [0, 0.1) is 11.8 Å². The average Bonchev–Trinajstić information content (AvgIpc) is 2.65. The first-order chi connectivity index (χ1) is 8.74. The van der Waals surface area contributed by atoms with E-state index >= 15 is 0 Å². The summed E-state index contributed by atoms with van der Waals surface area (Å²) >= 11 is 0. The minimum absolute atomic E-state index is 0.0968. The maximum atomic E-state index is 11.8. The molecule has 0 spiro atoms. The number of carbonyl (C=O) groups is 1. The van der Waals surface area contributed by atoms with Crippen molar-refractivity contribution in [3.8, 4) is 11.8 Å². The van der Waals surface area contributed by atoms with Crippen molar-refractivity contribution in [3.63, 3.8) is 0 Å². The van der Waals surface area contributed by atoms with E-state index in [4.69, 9.17) is 0 Å². The van der Waals surface area contributed by atoms with Gasteiger partial charge in [-0.05, 0) is 32.2 Å². The molecule has 0 fully saturated rings. The predicted octanol–water partition coefficient (Wildman–Crippen LogP) is 2.78. The zero-order valence-corrected chi connectivity index (χ0v) is 11.2. The van der Waals surface area contributed by atoms with Crippen LogP contribution in [0.3, 0.4) is 0 Å². The molecule has 0 aliphatic heterocycles. The molecule has 0 saturated heterocycles. The second-order valence-electron chi connectivity index (χ2n) is 4.38. The molecule has 96 valence electrons. The number of carbonyl (C=O) groups excluding carboxylic acids is 1. The highest BCUT2D eigenvalue weighted by Crippen LogP contribution is 2.05. The minimum atomic E-state index is -0.0968. The number of hydrogen-bond donors (Lipinski definition) is 1. The Morgan fingerprint density at radius 1 is 1.50 bits per heavy atom. The molecule has 0 aromatic rings. The topological polar surface area (TPSA) is 29.1 Å². The molecule has 18 heavy (non-hydrogen) atoms. The molecule has 2 nitrogen and oxygen atoms in total. The van der Waals surface area contributed by atoms with Crippen molar-refractivity contribution in [1.82, 2.24) is 5.32 Å². The quantitative estimate of drug-likeness (QED) is 0.594. The smallest absolute Gasteiger partial charge is 0.235 e. The van der Waals surface area contributed by atoms with E-state index in [-0.39, 0.29) is 5.78 Å². The lowest BCUT2D eigenvalue weighted by Crippen LogP contribution is -2.26. The summed E-state index contributed by atoms with van der Waals surface area (Å²) in [7, 11) is 0. The van der Waals surface area contributed by atoms with Crippen LogP contribution in [-0.2, 0) is 4.79 Å². The molecule has 1 N–H and O–H groups in total. The summed E-state index contributed by atoms with van der Waals surface area (Å²) in [5.74, 6) is 5.56. The third-order valence-corrected chi connectivity index (χ3v) is 2.60. The molecular weight excluding hydrogens is 222 g/mol. The summed E-state index contributed by atoms with van der Waals surface area (Å²) in [6.45, 7) is 5.21. The first-order valence-electron chi connectivity index (χ1n) is 6.54. The monoisotopic (exact) mass is 243 g/mol. The van der Waals surface area contributed by atoms with Gasteiger partial charge in [-0.1, -0.05) is 43.2 Å². The van der Waals surface area contributed by atoms with Crippen LogP contribution < -0.4 is 5.32 Å². The van der Waals surface area contributed by atoms with E-state index in [2.05, 4.69) is 31.0 Å². The van der Waals surface area contributed by atoms with Crippen LogP contribution in [-0.4, -0.2) is 18.4 Å². The summed E-state index contributed by atoms with van der Waals surface area (Å²) in [5, 5.41) is 3.34. The van der Waals surface area contributed by atoms with Gasteiger partial charge in [-0.3, -0.25) is 4.79 Å². The molecule has 0 heterocycles. The maximum Gasteiger partial charge on any atom is 0.235 e. The molecule has 0 radical (unpaired) electrons. The van der Waals surface area contributed by atoms with E-state index in [1.807, 2.05) is 30.4 Å². The second-order valence-corrected chi connectivity index (χ2v) is 4.38. The lowest BCUT2D eigenvalue weighted by molar-refractivity contribution is -0.110. The number of Topliss-reactive ketones (excluding diaryl/α,β-unsaturated/α-hetero) is 1. The fourth-order valence-corrected chi connectivity index (χ4v) is 1.55. The summed E-state index contributed by atoms with van der Waals surface area (Å²) < 4.78 is 0. The molecule has 1 aliphatic rings. The lowest BCUT2D eigenvalue weighted by atomic mass is 10.1. The number of rotatable bonds is 5. The van der Waals surface area contributed by atoms with Crippen LogP contribution in [0.4, 0.5) is 0 Å². The van der Waals surface area contributed by atoms with E-state index in [0.717, 1.165) is 19.4 Å². The molecular formula is C16H21NO. The van der Waals surface area contributed by atoms with Crippen LogP contribution in [0.15, 0.2) is 36.0 Å². The molecule has 1 aliphatic carbocycles. The minimum Gasteiger partial charge on any atom is -0.313 e. The summed E-state index contributed by atoms with van der Waals surface area (Å²) in [6, 6.07) is 0.337. The first-order valence-corrected chi connectivity index (χ1v) is 6.54. The Kier molecular flexibility index (Phi) is 6.83. The van der Waals surface area contributed by atoms with Crippen molar-refractivity contribution < 1.29 is 4.79 Å². The van der Waals surface area contributed by atoms with E-state index in [9.17, 15) is 4.79 Å². The third kappa shape index (κ3) is 5.65. The van der Waals surface area contributed by atoms with Crippen molar-refractivity contribution in [2.75, 3.05) is 6.54 Å². The van der Waals surface area contributed by atoms with Gasteiger partial charge in [-0.25, -0.2) is 0 Å². The first kappa shape index (κ1) is 14.5. The second kappa shape index (κ2) is 8.49. The van der Waals surface area contributed by atoms with Crippen LogP contribution >= 0.6 is 0 Å². The Hall–Kier alpha value is -1.59. The fourth-order valence-electron chi connectivity index (χ4n) is 1.55. The van der Waals surface area contributed by atoms with E-state index in [1.54, 1.807) is 0 Å². The Labute approximate surface area is 110 Å². The zero-order chi connectivity index (χ0) is 13.2. The number of ketones is 1. The van der Waals surface area contributed by atoms with Gasteiger partial charge in [0.25, 0.3) is 0 Å². The molecule has 1 atom stereocenters. The standard InChI is InChI=1S/C16H21NO/c1-3-13-17-14(2)9-8-12-16(18)15-10-6-4-5-7-11-15/h4,6-7,10-11,14,17H,3,5,9,13H2,1-2H3. The van der Waals surface area contributed by atoms with Gasteiger partial charge in [-0.2, -0.15) is 0 Å². The zero-order valence-electron chi connectivity index (χ0n) is 11.2. The van der Waals surface area contributed by atoms with Gasteiger partial charge in [0, 0.05) is 18.0 Å². The highest BCUT2D eigenvalue weighted by Gasteiger charge is 2.02. The van der Waals surface area contributed by atoms with Gasteiger partial charge in [0.1, 0.15) is 0 Å². The van der Waals surface area contributed by atoms with Gasteiger partial charge in [0.2, 0.25) is 5.78 Å². The molecule has 2 heteroatoms. The van der Waals surface area contributed by atoms with Crippen molar-refractivity contribution in [2.24, 2.45) is 0 Å². The molecule has 1 unspecified atom stereocenters. The van der Waals surface area contributed by atoms with Crippen LogP contribution in [0.5, 0.6) is 0 Å². The van der Waals surface area contributed by atoms with Crippen molar-refractivity contribution >= 4 is 5.78 Å². The maximum absolute atomic E-state index is 11.8. The number of hydrogen-bond acceptors (Lipinski definition) is 2. The van der Waals surface area contributed by atoms with Crippen molar-refractivity contribution in [2.45, 2.75) is 39.2 Å². The van der Waals surface area contributed by atoms with Gasteiger partial charge in [-0.15, -0.1) is 0 Å². The Morgan fingerprint density at radius 2 is 2.33 bits per heavy atom. The van der Waals surface area contributed by atoms with Crippen LogP contribution in [0.1, 0.15) is 33.1 Å². The molecule has 0 aromatic carbocycles. The summed E-state index contributed by atoms with van der Waals surface area (Å²) in [5.41, 5.74) is 0.672. The van der Waals surface area contributed by atoms with Crippen LogP contribution in [0.2, 0.25) is 0 Å². The Balaban J connectivity index is 2.45. The largest absolute Gasteiger partial charge is 0.313 e. The number of allylic oxidation sites excluding steroid dienone is 6. The average molecular weight is 243 g/mol. The normalized spacial score (nSPS) is 15.3. The van der Waals surface area contributed by atoms with Gasteiger partial charge >= 0.3 is 0 Å². The molecule has 0 aromatic heterocycles. The number of nitrogens with one attached hydrogen (secondary N) is 1. The molecule has 0 amide bonds. The van der Waals surface area contributed by atoms with E-state index in [0.29, 0.717) is 18.0 Å². The highest BCUT2D eigenvalue weighted by molar-refractivity contribution is 6.10. The Bertz CT molecular complexity index is 418. The molecule has 1 rings (SSSR count). The van der Waals surface area contributed by atoms with Crippen molar-refractivity contribution in [1.29, 1.82) is 0 Å². The summed E-state index contributed by atoms with van der Waals surface area (Å²) in [4.78, 5) is 11.8. The van der Waals surface area contributed by atoms with Gasteiger partial charge < -0.3 is 5.32 Å². The Morgan fingerprint density at radius 3 is 3.11 bits per heavy atom. The SMILES string of the molecule is CCCNC(C)CC#CC(=O)C1=CC=CCC=C1. The van der Waals surface area contributed by atoms with E-state index < -0.39 is 0 Å². The van der Waals surface area contributed by atoms with Crippen molar-refractivity contribution in [3.05, 3.63) is 36.0 Å². The van der Waals surface area contributed by atoms with E-state index in [1.165, 1.54) is 0 Å². The third-order valence-electron chi connectivity index (χ3n) is 2.60.